The molecule has 0 fully saturated rings. The number of ether oxygens (including phenoxy) is 1. The van der Waals surface area contributed by atoms with E-state index in [4.69, 9.17) is 9.57 Å². The van der Waals surface area contributed by atoms with Crippen molar-refractivity contribution in [3.8, 4) is 5.75 Å². The van der Waals surface area contributed by atoms with Gasteiger partial charge in [-0.2, -0.15) is 0 Å². The van der Waals surface area contributed by atoms with Crippen molar-refractivity contribution in [2.45, 2.75) is 26.2 Å². The Balaban J connectivity index is 1.76. The summed E-state index contributed by atoms with van der Waals surface area (Å²) < 4.78 is 5.61. The summed E-state index contributed by atoms with van der Waals surface area (Å²) in [7, 11) is 0. The predicted molar refractivity (Wildman–Crippen MR) is 82.8 cm³/mol. The summed E-state index contributed by atoms with van der Waals surface area (Å²) in [6.07, 6.45) is 1.31. The molecular formula is C16H17N3O3. The van der Waals surface area contributed by atoms with E-state index < -0.39 is 6.23 Å². The van der Waals surface area contributed by atoms with E-state index in [-0.39, 0.29) is 11.7 Å². The SMILES string of the molecule is CC(C)Oc1ccc(C2N=C(c3ccc(=O)[nH]c3)NO2)cc1. The lowest BCUT2D eigenvalue weighted by Gasteiger charge is -2.11. The molecule has 0 aliphatic carbocycles. The van der Waals surface area contributed by atoms with Gasteiger partial charge in [-0.1, -0.05) is 12.1 Å². The average molecular weight is 299 g/mol. The van der Waals surface area contributed by atoms with Crippen LogP contribution in [0.25, 0.3) is 0 Å². The van der Waals surface area contributed by atoms with Crippen LogP contribution in [0.4, 0.5) is 0 Å². The van der Waals surface area contributed by atoms with Crippen molar-refractivity contribution in [2.24, 2.45) is 4.99 Å². The number of nitrogens with zero attached hydrogens (tertiary/aromatic N) is 1. The maximum atomic E-state index is 11.1. The smallest absolute Gasteiger partial charge is 0.247 e. The molecule has 1 aliphatic rings. The lowest BCUT2D eigenvalue weighted by Crippen LogP contribution is -2.19. The first-order valence-corrected chi connectivity index (χ1v) is 7.07. The Morgan fingerprint density at radius 3 is 2.59 bits per heavy atom. The molecule has 1 atom stereocenters. The van der Waals surface area contributed by atoms with Gasteiger partial charge in [-0.3, -0.25) is 4.79 Å². The molecule has 2 aromatic rings. The van der Waals surface area contributed by atoms with Gasteiger partial charge in [0.25, 0.3) is 0 Å². The molecule has 0 saturated heterocycles. The van der Waals surface area contributed by atoms with E-state index in [2.05, 4.69) is 15.5 Å². The van der Waals surface area contributed by atoms with Crippen LogP contribution in [0.5, 0.6) is 5.75 Å². The number of H-pyrrole nitrogens is 1. The normalized spacial score (nSPS) is 17.2. The monoisotopic (exact) mass is 299 g/mol. The summed E-state index contributed by atoms with van der Waals surface area (Å²) in [5.41, 5.74) is 4.32. The number of rotatable bonds is 4. The highest BCUT2D eigenvalue weighted by Crippen LogP contribution is 2.25. The molecular weight excluding hydrogens is 282 g/mol. The molecule has 0 bridgehead atoms. The van der Waals surface area contributed by atoms with Crippen LogP contribution in [0.3, 0.4) is 0 Å². The predicted octanol–water partition coefficient (Wildman–Crippen LogP) is 2.14. The van der Waals surface area contributed by atoms with E-state index >= 15 is 0 Å². The highest BCUT2D eigenvalue weighted by atomic mass is 16.7. The van der Waals surface area contributed by atoms with Crippen LogP contribution < -0.4 is 15.8 Å². The maximum absolute atomic E-state index is 11.1. The van der Waals surface area contributed by atoms with Crippen molar-refractivity contribution in [1.82, 2.24) is 10.5 Å². The van der Waals surface area contributed by atoms with Crippen molar-refractivity contribution >= 4 is 5.84 Å². The third-order valence-corrected chi connectivity index (χ3v) is 3.11. The van der Waals surface area contributed by atoms with Crippen LogP contribution in [0, 0.1) is 0 Å². The number of aliphatic imine (C=N–C) groups is 1. The fourth-order valence-electron chi connectivity index (χ4n) is 2.10. The van der Waals surface area contributed by atoms with E-state index in [9.17, 15) is 4.79 Å². The lowest BCUT2D eigenvalue weighted by atomic mass is 10.2. The minimum absolute atomic E-state index is 0.139. The van der Waals surface area contributed by atoms with Gasteiger partial charge in [0, 0.05) is 23.4 Å². The standard InChI is InChI=1S/C16H17N3O3/c1-10(2)21-13-6-3-11(4-7-13)16-18-15(19-22-16)12-5-8-14(20)17-9-12/h3-10,16H,1-2H3,(H,17,20)(H,18,19). The largest absolute Gasteiger partial charge is 0.491 e. The van der Waals surface area contributed by atoms with Gasteiger partial charge in [-0.05, 0) is 32.0 Å². The molecule has 22 heavy (non-hydrogen) atoms. The number of hydrogen-bond donors (Lipinski definition) is 2. The van der Waals surface area contributed by atoms with E-state index in [1.54, 1.807) is 12.3 Å². The second-order valence-corrected chi connectivity index (χ2v) is 5.23. The first-order valence-electron chi connectivity index (χ1n) is 7.07. The molecule has 0 spiro atoms. The molecule has 0 radical (unpaired) electrons. The Hall–Kier alpha value is -2.60. The molecule has 0 amide bonds. The van der Waals surface area contributed by atoms with E-state index in [1.807, 2.05) is 38.1 Å². The highest BCUT2D eigenvalue weighted by molar-refractivity contribution is 5.98. The van der Waals surface area contributed by atoms with Gasteiger partial charge in [-0.15, -0.1) is 0 Å². The molecule has 1 unspecified atom stereocenters. The number of hydrogen-bond acceptors (Lipinski definition) is 5. The third-order valence-electron chi connectivity index (χ3n) is 3.11. The Morgan fingerprint density at radius 1 is 1.18 bits per heavy atom. The fourth-order valence-corrected chi connectivity index (χ4v) is 2.10. The third kappa shape index (κ3) is 3.17. The molecule has 114 valence electrons. The first-order chi connectivity index (χ1) is 10.6. The summed E-state index contributed by atoms with van der Waals surface area (Å²) in [4.78, 5) is 23.6. The zero-order valence-electron chi connectivity index (χ0n) is 12.4. The Bertz CT molecular complexity index is 715. The highest BCUT2D eigenvalue weighted by Gasteiger charge is 2.20. The van der Waals surface area contributed by atoms with Gasteiger partial charge < -0.3 is 9.72 Å². The molecule has 1 aromatic heterocycles. The van der Waals surface area contributed by atoms with Crippen LogP contribution in [0.1, 0.15) is 31.2 Å². The number of aromatic nitrogens is 1. The fraction of sp³-hybridized carbons (Fsp3) is 0.250. The number of aromatic amines is 1. The van der Waals surface area contributed by atoms with Gasteiger partial charge in [0.15, 0.2) is 5.84 Å². The van der Waals surface area contributed by atoms with Crippen molar-refractivity contribution in [3.05, 3.63) is 64.1 Å². The van der Waals surface area contributed by atoms with Crippen LogP contribution in [0.15, 0.2) is 52.4 Å². The Morgan fingerprint density at radius 2 is 1.95 bits per heavy atom. The molecule has 2 heterocycles. The minimum Gasteiger partial charge on any atom is -0.491 e. The second kappa shape index (κ2) is 6.03. The second-order valence-electron chi connectivity index (χ2n) is 5.23. The van der Waals surface area contributed by atoms with Crippen molar-refractivity contribution in [3.63, 3.8) is 0 Å². The molecule has 1 aliphatic heterocycles. The zero-order chi connectivity index (χ0) is 15.5. The lowest BCUT2D eigenvalue weighted by molar-refractivity contribution is 0.0376. The van der Waals surface area contributed by atoms with Gasteiger partial charge in [0.2, 0.25) is 11.8 Å². The maximum Gasteiger partial charge on any atom is 0.247 e. The zero-order valence-corrected chi connectivity index (χ0v) is 12.4. The van der Waals surface area contributed by atoms with Gasteiger partial charge in [0.1, 0.15) is 5.75 Å². The van der Waals surface area contributed by atoms with Crippen molar-refractivity contribution in [2.75, 3.05) is 0 Å². The topological polar surface area (TPSA) is 75.7 Å². The number of nitrogens with one attached hydrogen (secondary N) is 2. The van der Waals surface area contributed by atoms with Gasteiger partial charge in [0.05, 0.1) is 6.10 Å². The first kappa shape index (κ1) is 14.3. The Kier molecular flexibility index (Phi) is 3.93. The molecule has 3 rings (SSSR count). The molecule has 6 heteroatoms. The average Bonchev–Trinajstić information content (AvgIpc) is 2.98. The molecule has 6 nitrogen and oxygen atoms in total. The van der Waals surface area contributed by atoms with Gasteiger partial charge in [-0.25, -0.2) is 15.3 Å². The van der Waals surface area contributed by atoms with E-state index in [0.717, 1.165) is 16.9 Å². The van der Waals surface area contributed by atoms with Crippen LogP contribution in [-0.2, 0) is 4.84 Å². The Labute approximate surface area is 127 Å². The molecule has 1 aromatic carbocycles. The number of hydroxylamine groups is 1. The van der Waals surface area contributed by atoms with Gasteiger partial charge >= 0.3 is 0 Å². The van der Waals surface area contributed by atoms with Crippen molar-refractivity contribution in [1.29, 1.82) is 0 Å². The van der Waals surface area contributed by atoms with Crippen LogP contribution in [0.2, 0.25) is 0 Å². The number of amidine groups is 1. The summed E-state index contributed by atoms with van der Waals surface area (Å²) >= 11 is 0. The van der Waals surface area contributed by atoms with Crippen molar-refractivity contribution < 1.29 is 9.57 Å². The van der Waals surface area contributed by atoms with Crippen LogP contribution in [-0.4, -0.2) is 16.9 Å². The van der Waals surface area contributed by atoms with Crippen LogP contribution >= 0.6 is 0 Å². The van der Waals surface area contributed by atoms with E-state index in [1.165, 1.54) is 6.07 Å². The summed E-state index contributed by atoms with van der Waals surface area (Å²) in [6, 6.07) is 10.8. The summed E-state index contributed by atoms with van der Waals surface area (Å²) in [6.45, 7) is 3.97. The molecule has 0 saturated carbocycles. The van der Waals surface area contributed by atoms with E-state index in [0.29, 0.717) is 5.84 Å². The molecule has 2 N–H and O–H groups in total. The summed E-state index contributed by atoms with van der Waals surface area (Å²) in [5.74, 6) is 1.40. The number of benzene rings is 1. The summed E-state index contributed by atoms with van der Waals surface area (Å²) in [5, 5.41) is 0. The minimum atomic E-state index is -0.421. The quantitative estimate of drug-likeness (QED) is 0.907. The number of pyridine rings is 1.